The molecular formula is C17H18N2O3. The molecule has 5 heteroatoms. The maximum absolute atomic E-state index is 12.0. The van der Waals surface area contributed by atoms with Crippen LogP contribution in [0.5, 0.6) is 0 Å². The molecule has 0 aliphatic carbocycles. The highest BCUT2D eigenvalue weighted by atomic mass is 16.5. The van der Waals surface area contributed by atoms with Crippen LogP contribution in [0, 0.1) is 11.3 Å². The van der Waals surface area contributed by atoms with Crippen molar-refractivity contribution in [2.24, 2.45) is 0 Å². The molecule has 0 N–H and O–H groups in total. The summed E-state index contributed by atoms with van der Waals surface area (Å²) in [7, 11) is 0. The lowest BCUT2D eigenvalue weighted by molar-refractivity contribution is -0.154. The number of amides is 1. The van der Waals surface area contributed by atoms with E-state index in [0.29, 0.717) is 5.56 Å². The summed E-state index contributed by atoms with van der Waals surface area (Å²) in [5.74, 6) is -0.693. The average Bonchev–Trinajstić information content (AvgIpc) is 3.07. The van der Waals surface area contributed by atoms with E-state index < -0.39 is 12.1 Å². The molecule has 5 nitrogen and oxygen atoms in total. The molecule has 1 atom stereocenters. The highest BCUT2D eigenvalue weighted by molar-refractivity contribution is 5.90. The van der Waals surface area contributed by atoms with Gasteiger partial charge in [0.25, 0.3) is 5.91 Å². The topological polar surface area (TPSA) is 70.4 Å². The Bertz CT molecular complexity index is 608. The first kappa shape index (κ1) is 15.8. The largest absolute Gasteiger partial charge is 0.449 e. The summed E-state index contributed by atoms with van der Waals surface area (Å²) >= 11 is 0. The van der Waals surface area contributed by atoms with Gasteiger partial charge in [-0.25, -0.2) is 4.79 Å². The van der Waals surface area contributed by atoms with Gasteiger partial charge in [0.2, 0.25) is 0 Å². The Morgan fingerprint density at radius 3 is 2.50 bits per heavy atom. The molecule has 0 unspecified atom stereocenters. The van der Waals surface area contributed by atoms with E-state index in [4.69, 9.17) is 10.00 Å². The molecule has 1 aliphatic heterocycles. The van der Waals surface area contributed by atoms with Crippen LogP contribution in [0.3, 0.4) is 0 Å². The van der Waals surface area contributed by atoms with E-state index in [1.165, 1.54) is 6.08 Å². The lowest BCUT2D eigenvalue weighted by Gasteiger charge is -2.19. The first-order valence-corrected chi connectivity index (χ1v) is 7.28. The fourth-order valence-corrected chi connectivity index (χ4v) is 2.29. The van der Waals surface area contributed by atoms with Crippen LogP contribution in [0.2, 0.25) is 0 Å². The smallest absolute Gasteiger partial charge is 0.331 e. The molecule has 0 saturated carbocycles. The predicted molar refractivity (Wildman–Crippen MR) is 81.6 cm³/mol. The minimum absolute atomic E-state index is 0.141. The number of rotatable bonds is 4. The van der Waals surface area contributed by atoms with Crippen LogP contribution in [0.1, 0.15) is 30.9 Å². The lowest BCUT2D eigenvalue weighted by Crippen LogP contribution is -2.37. The third kappa shape index (κ3) is 4.19. The van der Waals surface area contributed by atoms with Crippen molar-refractivity contribution in [1.29, 1.82) is 5.26 Å². The van der Waals surface area contributed by atoms with E-state index in [-0.39, 0.29) is 5.91 Å². The maximum atomic E-state index is 12.0. The van der Waals surface area contributed by atoms with Crippen molar-refractivity contribution in [3.05, 3.63) is 41.5 Å². The van der Waals surface area contributed by atoms with Gasteiger partial charge < -0.3 is 9.64 Å². The van der Waals surface area contributed by atoms with E-state index in [2.05, 4.69) is 0 Å². The number of benzene rings is 1. The molecule has 22 heavy (non-hydrogen) atoms. The van der Waals surface area contributed by atoms with Crippen molar-refractivity contribution in [3.8, 4) is 6.07 Å². The SMILES string of the molecule is C[C@@H](OC(=O)/C=C/c1ccc(C#N)cc1)C(=O)N1CCCC1. The Kier molecular flexibility index (Phi) is 5.31. The highest BCUT2D eigenvalue weighted by Gasteiger charge is 2.25. The molecule has 1 fully saturated rings. The summed E-state index contributed by atoms with van der Waals surface area (Å²) in [4.78, 5) is 25.5. The van der Waals surface area contributed by atoms with Crippen molar-refractivity contribution < 1.29 is 14.3 Å². The van der Waals surface area contributed by atoms with Crippen LogP contribution in [0.25, 0.3) is 6.08 Å². The first-order chi connectivity index (χ1) is 10.6. The summed E-state index contributed by atoms with van der Waals surface area (Å²) in [6, 6.07) is 8.84. The predicted octanol–water partition coefficient (Wildman–Crippen LogP) is 2.13. The summed E-state index contributed by atoms with van der Waals surface area (Å²) in [5, 5.41) is 8.71. The van der Waals surface area contributed by atoms with Gasteiger partial charge in [0.1, 0.15) is 0 Å². The minimum atomic E-state index is -0.767. The molecule has 114 valence electrons. The van der Waals surface area contributed by atoms with Gasteiger partial charge in [-0.15, -0.1) is 0 Å². The maximum Gasteiger partial charge on any atom is 0.331 e. The van der Waals surface area contributed by atoms with E-state index in [1.54, 1.807) is 42.2 Å². The minimum Gasteiger partial charge on any atom is -0.449 e. The van der Waals surface area contributed by atoms with Gasteiger partial charge in [0.15, 0.2) is 6.10 Å². The number of carbonyl (C=O) groups is 2. The van der Waals surface area contributed by atoms with Gasteiger partial charge in [-0.3, -0.25) is 4.79 Å². The third-order valence-corrected chi connectivity index (χ3v) is 3.51. The van der Waals surface area contributed by atoms with E-state index >= 15 is 0 Å². The highest BCUT2D eigenvalue weighted by Crippen LogP contribution is 2.11. The molecule has 1 aliphatic rings. The molecule has 0 radical (unpaired) electrons. The Morgan fingerprint density at radius 1 is 1.27 bits per heavy atom. The number of likely N-dealkylation sites (tertiary alicyclic amines) is 1. The first-order valence-electron chi connectivity index (χ1n) is 7.28. The Labute approximate surface area is 129 Å². The summed E-state index contributed by atoms with van der Waals surface area (Å²) in [6.45, 7) is 3.07. The Balaban J connectivity index is 1.87. The molecule has 0 bridgehead atoms. The summed E-state index contributed by atoms with van der Waals surface area (Å²) in [6.07, 6.45) is 4.12. The molecule has 2 rings (SSSR count). The van der Waals surface area contributed by atoms with Gasteiger partial charge in [-0.1, -0.05) is 12.1 Å². The van der Waals surface area contributed by atoms with Crippen LogP contribution < -0.4 is 0 Å². The van der Waals surface area contributed by atoms with E-state index in [0.717, 1.165) is 31.5 Å². The summed E-state index contributed by atoms with van der Waals surface area (Å²) < 4.78 is 5.12. The number of hydrogen-bond donors (Lipinski definition) is 0. The number of hydrogen-bond acceptors (Lipinski definition) is 4. The molecule has 1 saturated heterocycles. The zero-order chi connectivity index (χ0) is 15.9. The van der Waals surface area contributed by atoms with Gasteiger partial charge in [-0.05, 0) is 43.5 Å². The second-order valence-electron chi connectivity index (χ2n) is 5.18. The Morgan fingerprint density at radius 2 is 1.91 bits per heavy atom. The fourth-order valence-electron chi connectivity index (χ4n) is 2.29. The zero-order valence-electron chi connectivity index (χ0n) is 12.5. The quantitative estimate of drug-likeness (QED) is 0.630. The molecule has 0 spiro atoms. The fraction of sp³-hybridized carbons (Fsp3) is 0.353. The Hall–Kier alpha value is -2.61. The van der Waals surface area contributed by atoms with E-state index in [9.17, 15) is 9.59 Å². The molecule has 1 amide bonds. The standard InChI is InChI=1S/C17H18N2O3/c1-13(17(21)19-10-2-3-11-19)22-16(20)9-8-14-4-6-15(12-18)7-5-14/h4-9,13H,2-3,10-11H2,1H3/b9-8+/t13-/m1/s1. The second-order valence-corrected chi connectivity index (χ2v) is 5.18. The number of carbonyl (C=O) groups excluding carboxylic acids is 2. The molecular weight excluding hydrogens is 280 g/mol. The van der Waals surface area contributed by atoms with Crippen LogP contribution in [-0.4, -0.2) is 36.0 Å². The van der Waals surface area contributed by atoms with Gasteiger partial charge in [-0.2, -0.15) is 5.26 Å². The van der Waals surface area contributed by atoms with Gasteiger partial charge in [0.05, 0.1) is 11.6 Å². The lowest BCUT2D eigenvalue weighted by atomic mass is 10.1. The van der Waals surface area contributed by atoms with Crippen molar-refractivity contribution in [2.45, 2.75) is 25.9 Å². The third-order valence-electron chi connectivity index (χ3n) is 3.51. The van der Waals surface area contributed by atoms with Gasteiger partial charge in [0, 0.05) is 19.2 Å². The second kappa shape index (κ2) is 7.41. The van der Waals surface area contributed by atoms with Crippen molar-refractivity contribution in [3.63, 3.8) is 0 Å². The van der Waals surface area contributed by atoms with Crippen molar-refractivity contribution in [2.75, 3.05) is 13.1 Å². The van der Waals surface area contributed by atoms with Gasteiger partial charge >= 0.3 is 5.97 Å². The van der Waals surface area contributed by atoms with Crippen LogP contribution in [-0.2, 0) is 14.3 Å². The number of ether oxygens (including phenoxy) is 1. The number of nitriles is 1. The molecule has 1 heterocycles. The van der Waals surface area contributed by atoms with Crippen LogP contribution in [0.4, 0.5) is 0 Å². The molecule has 1 aromatic carbocycles. The normalized spacial score (nSPS) is 15.5. The summed E-state index contributed by atoms with van der Waals surface area (Å²) in [5.41, 5.74) is 1.35. The number of nitrogens with zero attached hydrogens (tertiary/aromatic N) is 2. The monoisotopic (exact) mass is 298 g/mol. The molecule has 1 aromatic rings. The zero-order valence-corrected chi connectivity index (χ0v) is 12.5. The van der Waals surface area contributed by atoms with Crippen molar-refractivity contribution >= 4 is 18.0 Å². The number of esters is 1. The van der Waals surface area contributed by atoms with Crippen LogP contribution in [0.15, 0.2) is 30.3 Å². The van der Waals surface area contributed by atoms with E-state index in [1.807, 2.05) is 6.07 Å². The van der Waals surface area contributed by atoms with Crippen LogP contribution >= 0.6 is 0 Å². The average molecular weight is 298 g/mol. The van der Waals surface area contributed by atoms with Crippen molar-refractivity contribution in [1.82, 2.24) is 4.90 Å². The molecule has 0 aromatic heterocycles.